The highest BCUT2D eigenvalue weighted by atomic mass is 16.1. The Morgan fingerprint density at radius 2 is 1.57 bits per heavy atom. The molecule has 1 aliphatic carbocycles. The van der Waals surface area contributed by atoms with E-state index in [0.717, 1.165) is 39.1 Å². The Morgan fingerprint density at radius 1 is 0.929 bits per heavy atom. The topological polar surface area (TPSA) is 23.6 Å². The molecule has 0 amide bonds. The number of rotatable bonds is 4. The van der Waals surface area contributed by atoms with Gasteiger partial charge in [-0.3, -0.25) is 9.69 Å². The Morgan fingerprint density at radius 3 is 2.29 bits per heavy atom. The van der Waals surface area contributed by atoms with Gasteiger partial charge in [-0.2, -0.15) is 0 Å². The second-order valence-corrected chi connectivity index (χ2v) is 8.77. The van der Waals surface area contributed by atoms with E-state index in [1.807, 2.05) is 0 Å². The molecule has 0 N–H and O–H groups in total. The summed E-state index contributed by atoms with van der Waals surface area (Å²) < 4.78 is 0. The van der Waals surface area contributed by atoms with Crippen LogP contribution in [0, 0.1) is 5.41 Å². The molecule has 1 aliphatic heterocycles. The molecule has 28 heavy (non-hydrogen) atoms. The maximum atomic E-state index is 11.9. The van der Waals surface area contributed by atoms with Gasteiger partial charge in [0.25, 0.3) is 0 Å². The summed E-state index contributed by atoms with van der Waals surface area (Å²) in [6.45, 7) is 10.7. The van der Waals surface area contributed by atoms with Crippen LogP contribution in [0.4, 0.5) is 0 Å². The van der Waals surface area contributed by atoms with Crippen molar-refractivity contribution in [3.8, 4) is 0 Å². The first-order valence-corrected chi connectivity index (χ1v) is 10.3. The molecule has 1 fully saturated rings. The summed E-state index contributed by atoms with van der Waals surface area (Å²) in [4.78, 5) is 16.9. The van der Waals surface area contributed by atoms with Crippen LogP contribution in [0.2, 0.25) is 0 Å². The fraction of sp³-hybridized carbons (Fsp3) is 0.400. The number of hydrogen-bond acceptors (Lipinski definition) is 3. The summed E-state index contributed by atoms with van der Waals surface area (Å²) in [7, 11) is 0. The number of Topliss-reactive ketones (excluding diaryl/α,β-unsaturated/α-hetero) is 1. The number of carbonyl (C=O) groups is 1. The van der Waals surface area contributed by atoms with Gasteiger partial charge < -0.3 is 4.90 Å². The van der Waals surface area contributed by atoms with Crippen molar-refractivity contribution < 1.29 is 4.79 Å². The quantitative estimate of drug-likeness (QED) is 0.796. The minimum atomic E-state index is -0.269. The largest absolute Gasteiger partial charge is 0.368 e. The second-order valence-electron chi connectivity index (χ2n) is 8.77. The van der Waals surface area contributed by atoms with E-state index in [0.29, 0.717) is 0 Å². The van der Waals surface area contributed by atoms with Crippen LogP contribution in [-0.4, -0.2) is 48.3 Å². The molecule has 2 aromatic carbocycles. The first-order valence-electron chi connectivity index (χ1n) is 10.3. The monoisotopic (exact) mass is 374 g/mol. The van der Waals surface area contributed by atoms with E-state index in [4.69, 9.17) is 0 Å². The van der Waals surface area contributed by atoms with Crippen molar-refractivity contribution in [2.24, 2.45) is 5.41 Å². The fourth-order valence-electron chi connectivity index (χ4n) is 4.27. The van der Waals surface area contributed by atoms with Gasteiger partial charge in [-0.05, 0) is 36.1 Å². The maximum Gasteiger partial charge on any atom is 0.136 e. The summed E-state index contributed by atoms with van der Waals surface area (Å²) in [5.41, 5.74) is 6.55. The molecule has 0 spiro atoms. The number of hydrogen-bond donors (Lipinski definition) is 0. The van der Waals surface area contributed by atoms with Crippen LogP contribution in [0.3, 0.4) is 0 Å². The molecular formula is C25H30N2O. The van der Waals surface area contributed by atoms with E-state index >= 15 is 0 Å². The standard InChI is InChI=1S/C25H30N2O/c1-19(28)25(2,3)18-26-12-14-27(15-13-26)24-17-21-9-5-4-8-20(21)16-22-10-6-7-11-23(22)24/h4-11,17H,12-16,18H2,1-3H3. The highest BCUT2D eigenvalue weighted by Gasteiger charge is 2.29. The van der Waals surface area contributed by atoms with Crippen LogP contribution in [0.1, 0.15) is 43.0 Å². The van der Waals surface area contributed by atoms with E-state index < -0.39 is 0 Å². The van der Waals surface area contributed by atoms with Crippen LogP contribution in [-0.2, 0) is 11.2 Å². The second kappa shape index (κ2) is 7.56. The molecule has 0 unspecified atom stereocenters. The molecule has 3 heteroatoms. The summed E-state index contributed by atoms with van der Waals surface area (Å²) in [5.74, 6) is 0.270. The van der Waals surface area contributed by atoms with E-state index in [9.17, 15) is 4.79 Å². The summed E-state index contributed by atoms with van der Waals surface area (Å²) in [6.07, 6.45) is 3.36. The lowest BCUT2D eigenvalue weighted by Crippen LogP contribution is -2.49. The lowest BCUT2D eigenvalue weighted by atomic mass is 9.88. The number of fused-ring (bicyclic) bond motifs is 2. The predicted molar refractivity (Wildman–Crippen MR) is 116 cm³/mol. The van der Waals surface area contributed by atoms with Crippen LogP contribution < -0.4 is 0 Å². The lowest BCUT2D eigenvalue weighted by molar-refractivity contribution is -0.126. The fourth-order valence-corrected chi connectivity index (χ4v) is 4.27. The molecule has 1 saturated heterocycles. The van der Waals surface area contributed by atoms with E-state index in [-0.39, 0.29) is 11.2 Å². The third kappa shape index (κ3) is 3.77. The summed E-state index contributed by atoms with van der Waals surface area (Å²) >= 11 is 0. The maximum absolute atomic E-state index is 11.9. The highest BCUT2D eigenvalue weighted by molar-refractivity contribution is 5.84. The Kier molecular flexibility index (Phi) is 5.11. The summed E-state index contributed by atoms with van der Waals surface area (Å²) in [6, 6.07) is 17.6. The smallest absolute Gasteiger partial charge is 0.136 e. The lowest BCUT2D eigenvalue weighted by Gasteiger charge is -2.40. The number of benzene rings is 2. The van der Waals surface area contributed by atoms with Gasteiger partial charge >= 0.3 is 0 Å². The number of ketones is 1. The molecule has 2 aliphatic rings. The van der Waals surface area contributed by atoms with Crippen molar-refractivity contribution in [3.63, 3.8) is 0 Å². The average molecular weight is 375 g/mol. The Labute approximate surface area is 168 Å². The first-order chi connectivity index (χ1) is 13.4. The van der Waals surface area contributed by atoms with Gasteiger partial charge in [-0.15, -0.1) is 0 Å². The van der Waals surface area contributed by atoms with E-state index in [1.54, 1.807) is 6.92 Å². The van der Waals surface area contributed by atoms with Gasteiger partial charge in [0.2, 0.25) is 0 Å². The molecule has 2 aromatic rings. The number of piperazine rings is 1. The SMILES string of the molecule is CC(=O)C(C)(C)CN1CCN(C2=Cc3ccccc3Cc3ccccc32)CC1. The minimum Gasteiger partial charge on any atom is -0.368 e. The molecule has 0 bridgehead atoms. The van der Waals surface area contributed by atoms with Crippen LogP contribution >= 0.6 is 0 Å². The van der Waals surface area contributed by atoms with Crippen molar-refractivity contribution in [2.45, 2.75) is 27.2 Å². The van der Waals surface area contributed by atoms with Gasteiger partial charge in [-0.25, -0.2) is 0 Å². The molecule has 0 radical (unpaired) electrons. The molecule has 1 heterocycles. The van der Waals surface area contributed by atoms with Crippen molar-refractivity contribution in [2.75, 3.05) is 32.7 Å². The van der Waals surface area contributed by atoms with Crippen molar-refractivity contribution in [1.82, 2.24) is 9.80 Å². The minimum absolute atomic E-state index is 0.269. The normalized spacial score (nSPS) is 17.4. The zero-order valence-electron chi connectivity index (χ0n) is 17.2. The Balaban J connectivity index is 1.57. The van der Waals surface area contributed by atoms with Crippen LogP contribution in [0.15, 0.2) is 48.5 Å². The molecule has 146 valence electrons. The molecular weight excluding hydrogens is 344 g/mol. The number of carbonyl (C=O) groups excluding carboxylic acids is 1. The van der Waals surface area contributed by atoms with Gasteiger partial charge in [-0.1, -0.05) is 62.4 Å². The Hall–Kier alpha value is -2.39. The average Bonchev–Trinajstić information content (AvgIpc) is 2.85. The van der Waals surface area contributed by atoms with Crippen LogP contribution in [0.25, 0.3) is 11.8 Å². The summed E-state index contributed by atoms with van der Waals surface area (Å²) in [5, 5.41) is 0. The predicted octanol–water partition coefficient (Wildman–Crippen LogP) is 4.32. The van der Waals surface area contributed by atoms with Crippen LogP contribution in [0.5, 0.6) is 0 Å². The van der Waals surface area contributed by atoms with Crippen molar-refractivity contribution >= 4 is 17.6 Å². The third-order valence-corrected chi connectivity index (χ3v) is 6.31. The highest BCUT2D eigenvalue weighted by Crippen LogP contribution is 2.33. The Bertz CT molecular complexity index is 904. The van der Waals surface area contributed by atoms with Gasteiger partial charge in [0.1, 0.15) is 5.78 Å². The molecule has 0 saturated carbocycles. The van der Waals surface area contributed by atoms with Gasteiger partial charge in [0.05, 0.1) is 0 Å². The van der Waals surface area contributed by atoms with E-state index in [1.165, 1.54) is 28.0 Å². The van der Waals surface area contributed by atoms with E-state index in [2.05, 4.69) is 78.3 Å². The first kappa shape index (κ1) is 18.9. The molecule has 0 atom stereocenters. The zero-order chi connectivity index (χ0) is 19.7. The van der Waals surface area contributed by atoms with Crippen molar-refractivity contribution in [1.29, 1.82) is 0 Å². The van der Waals surface area contributed by atoms with Crippen molar-refractivity contribution in [3.05, 3.63) is 70.8 Å². The van der Waals surface area contributed by atoms with Gasteiger partial charge in [0, 0.05) is 49.4 Å². The van der Waals surface area contributed by atoms with Gasteiger partial charge in [0.15, 0.2) is 0 Å². The molecule has 3 nitrogen and oxygen atoms in total. The number of nitrogens with zero attached hydrogens (tertiary/aromatic N) is 2. The molecule has 4 rings (SSSR count). The zero-order valence-corrected chi connectivity index (χ0v) is 17.2. The molecule has 0 aromatic heterocycles. The third-order valence-electron chi connectivity index (χ3n) is 6.31.